The number of aliphatic hydroxyl groups excluding tert-OH is 1. The largest absolute Gasteiger partial charge is 0.465 e. The van der Waals surface area contributed by atoms with E-state index in [4.69, 9.17) is 21.4 Å². The van der Waals surface area contributed by atoms with Gasteiger partial charge < -0.3 is 15.2 Å². The molecule has 0 aliphatic carbocycles. The molecule has 3 aromatic carbocycles. The number of anilines is 1. The predicted molar refractivity (Wildman–Crippen MR) is 122 cm³/mol. The minimum Gasteiger partial charge on any atom is -0.465 e. The number of rotatable bonds is 8. The van der Waals surface area contributed by atoms with E-state index in [2.05, 4.69) is 17.4 Å². The summed E-state index contributed by atoms with van der Waals surface area (Å²) in [6, 6.07) is 20.6. The highest BCUT2D eigenvalue weighted by atomic mass is 35.5. The highest BCUT2D eigenvalue weighted by molar-refractivity contribution is 6.31. The molecule has 3 aromatic rings. The maximum absolute atomic E-state index is 12.6. The molecule has 0 spiro atoms. The average Bonchev–Trinajstić information content (AvgIpc) is 2.75. The zero-order valence-electron chi connectivity index (χ0n) is 17.2. The molecular weight excluding hydrogens is 414 g/mol. The van der Waals surface area contributed by atoms with Crippen molar-refractivity contribution in [3.8, 4) is 0 Å². The van der Waals surface area contributed by atoms with Crippen molar-refractivity contribution in [2.75, 3.05) is 19.0 Å². The molecular formula is C25H24ClNO4. The first-order valence-electron chi connectivity index (χ1n) is 9.92. The number of aliphatic hydroxyl groups is 1. The van der Waals surface area contributed by atoms with Crippen LogP contribution in [0.25, 0.3) is 0 Å². The lowest BCUT2D eigenvalue weighted by Gasteiger charge is -2.11. The fraction of sp³-hybridized carbons (Fsp3) is 0.200. The van der Waals surface area contributed by atoms with Crippen LogP contribution in [0.3, 0.4) is 0 Å². The third kappa shape index (κ3) is 6.41. The van der Waals surface area contributed by atoms with Crippen molar-refractivity contribution in [2.45, 2.75) is 19.3 Å². The third-order valence-corrected chi connectivity index (χ3v) is 5.08. The molecule has 6 heteroatoms. The second-order valence-corrected chi connectivity index (χ2v) is 7.63. The smallest absolute Gasteiger partial charge is 0.339 e. The van der Waals surface area contributed by atoms with Crippen LogP contribution in [0.5, 0.6) is 0 Å². The number of nitrogens with one attached hydrogen (secondary N) is 1. The van der Waals surface area contributed by atoms with Crippen molar-refractivity contribution in [1.29, 1.82) is 0 Å². The summed E-state index contributed by atoms with van der Waals surface area (Å²) in [7, 11) is 1.29. The number of halogens is 1. The van der Waals surface area contributed by atoms with Crippen LogP contribution in [0, 0.1) is 0 Å². The van der Waals surface area contributed by atoms with Crippen molar-refractivity contribution >= 4 is 29.2 Å². The molecule has 0 aliphatic rings. The molecule has 160 valence electrons. The number of esters is 1. The first-order valence-corrected chi connectivity index (χ1v) is 10.3. The van der Waals surface area contributed by atoms with Gasteiger partial charge in [0.2, 0.25) is 5.91 Å². The summed E-state index contributed by atoms with van der Waals surface area (Å²) < 4.78 is 4.76. The minimum absolute atomic E-state index is 0.139. The molecule has 0 aromatic heterocycles. The van der Waals surface area contributed by atoms with Crippen molar-refractivity contribution in [3.05, 3.63) is 99.6 Å². The van der Waals surface area contributed by atoms with E-state index in [-0.39, 0.29) is 24.5 Å². The van der Waals surface area contributed by atoms with Gasteiger partial charge in [0.15, 0.2) is 0 Å². The van der Waals surface area contributed by atoms with Crippen molar-refractivity contribution in [2.24, 2.45) is 0 Å². The number of methoxy groups -OCH3 is 1. The molecule has 0 atom stereocenters. The Balaban J connectivity index is 1.68. The van der Waals surface area contributed by atoms with E-state index in [9.17, 15) is 9.59 Å². The Morgan fingerprint density at radius 1 is 0.935 bits per heavy atom. The lowest BCUT2D eigenvalue weighted by atomic mass is 10.00. The molecule has 0 saturated carbocycles. The average molecular weight is 438 g/mol. The van der Waals surface area contributed by atoms with Crippen LogP contribution in [0.2, 0.25) is 5.02 Å². The van der Waals surface area contributed by atoms with Crippen LogP contribution in [-0.4, -0.2) is 30.7 Å². The summed E-state index contributed by atoms with van der Waals surface area (Å²) in [6.07, 6.45) is 1.56. The van der Waals surface area contributed by atoms with Gasteiger partial charge in [-0.05, 0) is 53.3 Å². The summed E-state index contributed by atoms with van der Waals surface area (Å²) in [5, 5.41) is 12.2. The Labute approximate surface area is 186 Å². The molecule has 31 heavy (non-hydrogen) atoms. The van der Waals surface area contributed by atoms with Crippen molar-refractivity contribution in [1.82, 2.24) is 0 Å². The van der Waals surface area contributed by atoms with Gasteiger partial charge in [-0.15, -0.1) is 0 Å². The van der Waals surface area contributed by atoms with E-state index in [0.29, 0.717) is 17.1 Å². The second kappa shape index (κ2) is 10.8. The number of hydrogen-bond donors (Lipinski definition) is 2. The monoisotopic (exact) mass is 437 g/mol. The number of carbonyl (C=O) groups excluding carboxylic acids is 2. The second-order valence-electron chi connectivity index (χ2n) is 7.19. The van der Waals surface area contributed by atoms with E-state index in [1.165, 1.54) is 19.2 Å². The van der Waals surface area contributed by atoms with E-state index in [1.807, 2.05) is 36.4 Å². The zero-order valence-corrected chi connectivity index (χ0v) is 18.0. The molecule has 0 bridgehead atoms. The Hall–Kier alpha value is -3.15. The van der Waals surface area contributed by atoms with E-state index < -0.39 is 5.97 Å². The number of hydrogen-bond acceptors (Lipinski definition) is 4. The Morgan fingerprint density at radius 2 is 1.65 bits per heavy atom. The van der Waals surface area contributed by atoms with Crippen LogP contribution in [-0.2, 0) is 28.8 Å². The summed E-state index contributed by atoms with van der Waals surface area (Å²) in [6.45, 7) is 0.139. The molecule has 0 saturated heterocycles. The summed E-state index contributed by atoms with van der Waals surface area (Å²) in [4.78, 5) is 24.5. The van der Waals surface area contributed by atoms with Crippen LogP contribution < -0.4 is 5.32 Å². The number of ether oxygens (including phenoxy) is 1. The van der Waals surface area contributed by atoms with Crippen LogP contribution in [0.4, 0.5) is 5.69 Å². The van der Waals surface area contributed by atoms with Gasteiger partial charge in [0.25, 0.3) is 0 Å². The Morgan fingerprint density at radius 3 is 2.35 bits per heavy atom. The predicted octanol–water partition coefficient (Wildman–Crippen LogP) is 4.43. The molecule has 0 unspecified atom stereocenters. The van der Waals surface area contributed by atoms with Gasteiger partial charge in [-0.2, -0.15) is 0 Å². The van der Waals surface area contributed by atoms with Gasteiger partial charge in [-0.3, -0.25) is 4.79 Å². The fourth-order valence-corrected chi connectivity index (χ4v) is 3.50. The lowest BCUT2D eigenvalue weighted by molar-refractivity contribution is -0.115. The zero-order chi connectivity index (χ0) is 22.2. The van der Waals surface area contributed by atoms with Gasteiger partial charge in [-0.25, -0.2) is 4.79 Å². The first-order chi connectivity index (χ1) is 15.0. The van der Waals surface area contributed by atoms with Gasteiger partial charge in [0, 0.05) is 11.6 Å². The lowest BCUT2D eigenvalue weighted by Crippen LogP contribution is -2.17. The molecule has 1 amide bonds. The van der Waals surface area contributed by atoms with Crippen LogP contribution in [0.1, 0.15) is 32.6 Å². The van der Waals surface area contributed by atoms with Crippen LogP contribution >= 0.6 is 11.6 Å². The third-order valence-electron chi connectivity index (χ3n) is 4.85. The normalized spacial score (nSPS) is 10.5. The standard InChI is InChI=1S/C25H24ClNO4/c1-31-25(30)22-10-9-21(26)16-23(22)27-24(29)15-20-4-2-3-19(14-20)13-18-7-5-17(6-8-18)11-12-28/h2-10,14,16,28H,11-13,15H2,1H3,(H,27,29). The number of amides is 1. The Kier molecular flexibility index (Phi) is 7.82. The molecule has 0 heterocycles. The Bertz CT molecular complexity index is 1060. The highest BCUT2D eigenvalue weighted by Crippen LogP contribution is 2.22. The summed E-state index contributed by atoms with van der Waals surface area (Å²) in [5.41, 5.74) is 4.79. The molecule has 2 N–H and O–H groups in total. The number of benzene rings is 3. The maximum Gasteiger partial charge on any atom is 0.339 e. The van der Waals surface area contributed by atoms with Gasteiger partial charge in [0.05, 0.1) is 24.8 Å². The molecule has 5 nitrogen and oxygen atoms in total. The molecule has 0 radical (unpaired) electrons. The first kappa shape index (κ1) is 22.5. The fourth-order valence-electron chi connectivity index (χ4n) is 3.33. The van der Waals surface area contributed by atoms with E-state index >= 15 is 0 Å². The topological polar surface area (TPSA) is 75.6 Å². The van der Waals surface area contributed by atoms with Crippen molar-refractivity contribution in [3.63, 3.8) is 0 Å². The maximum atomic E-state index is 12.6. The van der Waals surface area contributed by atoms with Gasteiger partial charge >= 0.3 is 5.97 Å². The SMILES string of the molecule is COC(=O)c1ccc(Cl)cc1NC(=O)Cc1cccc(Cc2ccc(CCO)cc2)c1. The molecule has 3 rings (SSSR count). The highest BCUT2D eigenvalue weighted by Gasteiger charge is 2.15. The van der Waals surface area contributed by atoms with Gasteiger partial charge in [0.1, 0.15) is 0 Å². The van der Waals surface area contributed by atoms with Crippen LogP contribution in [0.15, 0.2) is 66.7 Å². The molecule has 0 fully saturated rings. The van der Waals surface area contributed by atoms with Gasteiger partial charge in [-0.1, -0.05) is 60.1 Å². The number of carbonyl (C=O) groups is 2. The van der Waals surface area contributed by atoms with E-state index in [0.717, 1.165) is 28.7 Å². The van der Waals surface area contributed by atoms with Crippen molar-refractivity contribution < 1.29 is 19.4 Å². The quantitative estimate of drug-likeness (QED) is 0.511. The minimum atomic E-state index is -0.543. The van der Waals surface area contributed by atoms with E-state index in [1.54, 1.807) is 6.07 Å². The molecule has 0 aliphatic heterocycles. The summed E-state index contributed by atoms with van der Waals surface area (Å²) >= 11 is 6.02. The summed E-state index contributed by atoms with van der Waals surface area (Å²) in [5.74, 6) is -0.795.